The summed E-state index contributed by atoms with van der Waals surface area (Å²) in [6, 6.07) is 0. The Balaban J connectivity index is 4.13. The number of rotatable bonds is 37. The highest BCUT2D eigenvalue weighted by Crippen LogP contribution is 2.43. The largest absolute Gasteiger partial charge is 0.472 e. The quantitative estimate of drug-likeness (QED) is 0.0293. The van der Waals surface area contributed by atoms with Gasteiger partial charge in [0.15, 0.2) is 6.10 Å². The number of allylic oxidation sites excluding steroid dienone is 4. The van der Waals surface area contributed by atoms with Crippen molar-refractivity contribution in [3.63, 3.8) is 0 Å². The molecule has 0 fully saturated rings. The van der Waals surface area contributed by atoms with E-state index in [0.29, 0.717) is 12.8 Å². The molecule has 0 aliphatic rings. The topological polar surface area (TPSA) is 108 Å². The second-order valence-corrected chi connectivity index (χ2v) is 14.8. The molecule has 0 aromatic heterocycles. The molecule has 8 nitrogen and oxygen atoms in total. The van der Waals surface area contributed by atoms with Crippen LogP contribution in [0, 0.1) is 0 Å². The summed E-state index contributed by atoms with van der Waals surface area (Å²) >= 11 is 0. The van der Waals surface area contributed by atoms with E-state index < -0.39 is 26.5 Å². The number of carbonyl (C=O) groups excluding carboxylic acids is 2. The lowest BCUT2D eigenvalue weighted by Crippen LogP contribution is -2.29. The fraction of sp³-hybridized carbons (Fsp3) is 0.850. The van der Waals surface area contributed by atoms with Crippen LogP contribution < -0.4 is 0 Å². The number of unbranched alkanes of at least 4 members (excludes halogenated alkanes) is 21. The van der Waals surface area contributed by atoms with Crippen LogP contribution >= 0.6 is 7.82 Å². The summed E-state index contributed by atoms with van der Waals surface area (Å²) in [6.07, 6.45) is 37.9. The molecule has 0 radical (unpaired) electrons. The number of carbonyl (C=O) groups is 2. The Bertz CT molecular complexity index is 859. The summed E-state index contributed by atoms with van der Waals surface area (Å²) in [6.45, 7) is 5.44. The summed E-state index contributed by atoms with van der Waals surface area (Å²) < 4.78 is 32.6. The molecular weight excluding hydrogens is 639 g/mol. The van der Waals surface area contributed by atoms with E-state index in [9.17, 15) is 19.0 Å². The third-order valence-electron chi connectivity index (χ3n) is 8.51. The first-order valence-electron chi connectivity index (χ1n) is 20.1. The first-order chi connectivity index (χ1) is 23.8. The summed E-state index contributed by atoms with van der Waals surface area (Å²) in [5.74, 6) is -0.808. The van der Waals surface area contributed by atoms with Gasteiger partial charge >= 0.3 is 19.8 Å². The molecule has 1 N–H and O–H groups in total. The van der Waals surface area contributed by atoms with Crippen LogP contribution in [-0.2, 0) is 32.7 Å². The van der Waals surface area contributed by atoms with E-state index in [2.05, 4.69) is 38.2 Å². The van der Waals surface area contributed by atoms with Gasteiger partial charge in [0, 0.05) is 12.8 Å². The van der Waals surface area contributed by atoms with Crippen molar-refractivity contribution in [2.45, 2.75) is 200 Å². The maximum absolute atomic E-state index is 12.5. The molecule has 0 aromatic carbocycles. The first-order valence-corrected chi connectivity index (χ1v) is 21.6. The summed E-state index contributed by atoms with van der Waals surface area (Å²) in [7, 11) is -4.28. The van der Waals surface area contributed by atoms with Crippen molar-refractivity contribution >= 4 is 19.8 Å². The molecule has 9 heteroatoms. The first kappa shape index (κ1) is 47.5. The van der Waals surface area contributed by atoms with Crippen molar-refractivity contribution < 1.29 is 37.6 Å². The van der Waals surface area contributed by atoms with Gasteiger partial charge < -0.3 is 14.4 Å². The fourth-order valence-electron chi connectivity index (χ4n) is 5.54. The van der Waals surface area contributed by atoms with Gasteiger partial charge in [-0.15, -0.1) is 0 Å². The molecule has 0 aromatic rings. The van der Waals surface area contributed by atoms with Crippen molar-refractivity contribution in [3.8, 4) is 0 Å². The zero-order valence-corrected chi connectivity index (χ0v) is 32.7. The number of hydrogen-bond donors (Lipinski definition) is 1. The third-order valence-corrected chi connectivity index (χ3v) is 9.57. The molecular formula is C40H75O8P. The van der Waals surface area contributed by atoms with Crippen molar-refractivity contribution in [2.24, 2.45) is 0 Å². The molecule has 0 spiro atoms. The zero-order valence-electron chi connectivity index (χ0n) is 31.9. The number of phosphoric acid groups is 1. The lowest BCUT2D eigenvalue weighted by molar-refractivity contribution is -0.161. The molecule has 2 unspecified atom stereocenters. The van der Waals surface area contributed by atoms with Crippen LogP contribution in [0.1, 0.15) is 194 Å². The number of esters is 2. The van der Waals surface area contributed by atoms with Crippen molar-refractivity contribution in [2.75, 3.05) is 19.8 Å². The summed E-state index contributed by atoms with van der Waals surface area (Å²) in [5.41, 5.74) is 0. The predicted molar refractivity (Wildman–Crippen MR) is 203 cm³/mol. The van der Waals surface area contributed by atoms with Crippen LogP contribution in [0.2, 0.25) is 0 Å². The summed E-state index contributed by atoms with van der Waals surface area (Å²) in [5, 5.41) is 0. The maximum atomic E-state index is 12.5. The molecule has 0 saturated carbocycles. The van der Waals surface area contributed by atoms with Gasteiger partial charge in [-0.3, -0.25) is 18.6 Å². The molecule has 2 atom stereocenters. The molecule has 288 valence electrons. The lowest BCUT2D eigenvalue weighted by Gasteiger charge is -2.19. The Kier molecular flexibility index (Phi) is 35.2. The van der Waals surface area contributed by atoms with Gasteiger partial charge in [0.25, 0.3) is 0 Å². The average molecular weight is 715 g/mol. The Labute approximate surface area is 301 Å². The monoisotopic (exact) mass is 715 g/mol. The normalized spacial score (nSPS) is 13.6. The molecule has 0 saturated heterocycles. The van der Waals surface area contributed by atoms with E-state index in [1.807, 2.05) is 0 Å². The highest BCUT2D eigenvalue weighted by molar-refractivity contribution is 7.47. The van der Waals surface area contributed by atoms with Gasteiger partial charge in [-0.05, 0) is 51.9 Å². The lowest BCUT2D eigenvalue weighted by atomic mass is 10.0. The maximum Gasteiger partial charge on any atom is 0.472 e. The van der Waals surface area contributed by atoms with Crippen LogP contribution in [0.3, 0.4) is 0 Å². The minimum absolute atomic E-state index is 0.000757. The fourth-order valence-corrected chi connectivity index (χ4v) is 6.30. The zero-order chi connectivity index (χ0) is 36.1. The van der Waals surface area contributed by atoms with E-state index in [-0.39, 0.29) is 25.6 Å². The molecule has 0 aliphatic heterocycles. The van der Waals surface area contributed by atoms with E-state index in [1.165, 1.54) is 96.3 Å². The second kappa shape index (κ2) is 36.3. The minimum atomic E-state index is -4.28. The van der Waals surface area contributed by atoms with Crippen LogP contribution in [0.25, 0.3) is 0 Å². The Morgan fingerprint density at radius 3 is 1.49 bits per heavy atom. The molecule has 0 amide bonds. The average Bonchev–Trinajstić information content (AvgIpc) is 3.07. The van der Waals surface area contributed by atoms with Gasteiger partial charge in [0.1, 0.15) is 6.61 Å². The van der Waals surface area contributed by atoms with Crippen LogP contribution in [0.15, 0.2) is 24.3 Å². The van der Waals surface area contributed by atoms with E-state index in [4.69, 9.17) is 18.5 Å². The SMILES string of the molecule is CCCCC/C=C\C/C=C\CCCCCCCC(=O)OC(COC(=O)CCCCCCCCCCCCCCCC)COP(=O)(O)OCC. The van der Waals surface area contributed by atoms with E-state index in [0.717, 1.165) is 57.8 Å². The van der Waals surface area contributed by atoms with Gasteiger partial charge in [0.2, 0.25) is 0 Å². The standard InChI is InChI=1S/C40H75O8P/c1-4-7-9-11-13-15-17-19-21-23-25-27-29-31-33-35-40(42)48-38(37-47-49(43,44)46-6-3)36-45-39(41)34-32-30-28-26-24-22-20-18-16-14-12-10-8-5-2/h13,15,19,21,38H,4-12,14,16-18,20,22-37H2,1-3H3,(H,43,44)/b15-13-,21-19-. The van der Waals surface area contributed by atoms with Crippen LogP contribution in [-0.4, -0.2) is 42.8 Å². The molecule has 0 heterocycles. The number of ether oxygens (including phenoxy) is 2. The minimum Gasteiger partial charge on any atom is -0.462 e. The highest BCUT2D eigenvalue weighted by Gasteiger charge is 2.25. The smallest absolute Gasteiger partial charge is 0.462 e. The Hall–Kier alpha value is -1.47. The molecule has 0 rings (SSSR count). The molecule has 0 aliphatic carbocycles. The van der Waals surface area contributed by atoms with Crippen molar-refractivity contribution in [1.82, 2.24) is 0 Å². The van der Waals surface area contributed by atoms with Gasteiger partial charge in [-0.1, -0.05) is 154 Å². The Morgan fingerprint density at radius 1 is 0.551 bits per heavy atom. The van der Waals surface area contributed by atoms with Crippen molar-refractivity contribution in [3.05, 3.63) is 24.3 Å². The van der Waals surface area contributed by atoms with Gasteiger partial charge in [-0.25, -0.2) is 4.57 Å². The molecule has 49 heavy (non-hydrogen) atoms. The van der Waals surface area contributed by atoms with E-state index in [1.54, 1.807) is 6.92 Å². The highest BCUT2D eigenvalue weighted by atomic mass is 31.2. The third kappa shape index (κ3) is 36.1. The van der Waals surface area contributed by atoms with Crippen molar-refractivity contribution in [1.29, 1.82) is 0 Å². The van der Waals surface area contributed by atoms with Crippen LogP contribution in [0.5, 0.6) is 0 Å². The predicted octanol–water partition coefficient (Wildman–Crippen LogP) is 12.3. The Morgan fingerprint density at radius 2 is 0.980 bits per heavy atom. The van der Waals surface area contributed by atoms with E-state index >= 15 is 0 Å². The summed E-state index contributed by atoms with van der Waals surface area (Å²) in [4.78, 5) is 34.6. The van der Waals surface area contributed by atoms with Gasteiger partial charge in [0.05, 0.1) is 13.2 Å². The number of hydrogen-bond acceptors (Lipinski definition) is 7. The second-order valence-electron chi connectivity index (χ2n) is 13.3. The molecule has 0 bridgehead atoms. The van der Waals surface area contributed by atoms with Gasteiger partial charge in [-0.2, -0.15) is 0 Å². The van der Waals surface area contributed by atoms with Crippen LogP contribution in [0.4, 0.5) is 0 Å². The number of phosphoric ester groups is 1.